The van der Waals surface area contributed by atoms with E-state index in [1.165, 1.54) is 18.2 Å². The number of hydrogen-bond acceptors (Lipinski definition) is 4. The van der Waals surface area contributed by atoms with E-state index in [4.69, 9.17) is 10.5 Å². The summed E-state index contributed by atoms with van der Waals surface area (Å²) in [6.07, 6.45) is -4.50. The largest absolute Gasteiger partial charge is 0.495 e. The van der Waals surface area contributed by atoms with Gasteiger partial charge in [-0.25, -0.2) is 0 Å². The number of hydrogen-bond donors (Lipinski definition) is 1. The maximum atomic E-state index is 12.8. The summed E-state index contributed by atoms with van der Waals surface area (Å²) >= 11 is 0. The number of alkyl halides is 3. The highest BCUT2D eigenvalue weighted by Crippen LogP contribution is 2.41. The molecule has 96 valence electrons. The predicted molar refractivity (Wildman–Crippen MR) is 57.9 cm³/mol. The molecular formula is C11H9F3N2O2. The maximum absolute atomic E-state index is 12.8. The van der Waals surface area contributed by atoms with Gasteiger partial charge >= 0.3 is 6.18 Å². The molecule has 0 fully saturated rings. The van der Waals surface area contributed by atoms with Crippen LogP contribution in [0.5, 0.6) is 5.75 Å². The van der Waals surface area contributed by atoms with E-state index in [0.29, 0.717) is 0 Å². The van der Waals surface area contributed by atoms with Crippen LogP contribution in [0, 0.1) is 0 Å². The van der Waals surface area contributed by atoms with Gasteiger partial charge in [0.25, 0.3) is 0 Å². The number of rotatable bonds is 2. The number of anilines is 1. The SMILES string of the molecule is COc1c(-c2cc(N)on2)cccc1C(F)(F)F. The average Bonchev–Trinajstić information content (AvgIpc) is 2.73. The molecule has 0 unspecified atom stereocenters. The maximum Gasteiger partial charge on any atom is 0.419 e. The second-order valence-electron chi connectivity index (χ2n) is 3.50. The van der Waals surface area contributed by atoms with Crippen molar-refractivity contribution in [3.63, 3.8) is 0 Å². The standard InChI is InChI=1S/C11H9F3N2O2/c1-17-10-6(8-5-9(15)18-16-8)3-2-4-7(10)11(12,13)14/h2-5H,15H2,1H3. The van der Waals surface area contributed by atoms with Crippen molar-refractivity contribution in [3.05, 3.63) is 29.8 Å². The molecule has 2 aromatic rings. The minimum atomic E-state index is -4.50. The van der Waals surface area contributed by atoms with Gasteiger partial charge in [-0.1, -0.05) is 11.2 Å². The third-order valence-electron chi connectivity index (χ3n) is 2.33. The molecule has 0 spiro atoms. The lowest BCUT2D eigenvalue weighted by Crippen LogP contribution is -2.08. The zero-order valence-corrected chi connectivity index (χ0v) is 9.28. The summed E-state index contributed by atoms with van der Waals surface area (Å²) in [7, 11) is 1.16. The molecule has 2 N–H and O–H groups in total. The first kappa shape index (κ1) is 12.3. The van der Waals surface area contributed by atoms with Crippen LogP contribution in [0.1, 0.15) is 5.56 Å². The molecule has 1 heterocycles. The first-order valence-corrected chi connectivity index (χ1v) is 4.90. The van der Waals surface area contributed by atoms with E-state index in [1.54, 1.807) is 0 Å². The average molecular weight is 258 g/mol. The molecule has 0 bridgehead atoms. The van der Waals surface area contributed by atoms with Gasteiger partial charge in [0, 0.05) is 11.6 Å². The summed E-state index contributed by atoms with van der Waals surface area (Å²) in [6, 6.07) is 4.99. The summed E-state index contributed by atoms with van der Waals surface area (Å²) in [4.78, 5) is 0. The third-order valence-corrected chi connectivity index (χ3v) is 2.33. The highest BCUT2D eigenvalue weighted by Gasteiger charge is 2.35. The number of nitrogen functional groups attached to an aromatic ring is 1. The van der Waals surface area contributed by atoms with Crippen molar-refractivity contribution in [2.45, 2.75) is 6.18 Å². The lowest BCUT2D eigenvalue weighted by atomic mass is 10.1. The Labute approximate surface area is 100 Å². The van der Waals surface area contributed by atoms with E-state index in [-0.39, 0.29) is 22.9 Å². The Hall–Kier alpha value is -2.18. The van der Waals surface area contributed by atoms with Crippen molar-refractivity contribution < 1.29 is 22.4 Å². The Balaban J connectivity index is 2.62. The van der Waals surface area contributed by atoms with Crippen molar-refractivity contribution in [1.29, 1.82) is 0 Å². The molecule has 0 atom stereocenters. The number of aromatic nitrogens is 1. The fourth-order valence-electron chi connectivity index (χ4n) is 1.60. The first-order valence-electron chi connectivity index (χ1n) is 4.90. The van der Waals surface area contributed by atoms with Crippen LogP contribution < -0.4 is 10.5 Å². The summed E-state index contributed by atoms with van der Waals surface area (Å²) in [6.45, 7) is 0. The van der Waals surface area contributed by atoms with Gasteiger partial charge in [-0.15, -0.1) is 0 Å². The normalized spacial score (nSPS) is 11.6. The number of halogens is 3. The third kappa shape index (κ3) is 2.11. The Morgan fingerprint density at radius 2 is 2.06 bits per heavy atom. The van der Waals surface area contributed by atoms with Crippen LogP contribution in [-0.4, -0.2) is 12.3 Å². The van der Waals surface area contributed by atoms with Crippen molar-refractivity contribution >= 4 is 5.88 Å². The molecule has 0 aliphatic heterocycles. The van der Waals surface area contributed by atoms with Crippen molar-refractivity contribution in [2.24, 2.45) is 0 Å². The van der Waals surface area contributed by atoms with Crippen LogP contribution in [-0.2, 0) is 6.18 Å². The zero-order valence-electron chi connectivity index (χ0n) is 9.28. The first-order chi connectivity index (χ1) is 8.43. The monoisotopic (exact) mass is 258 g/mol. The number of methoxy groups -OCH3 is 1. The number of benzene rings is 1. The predicted octanol–water partition coefficient (Wildman–Crippen LogP) is 2.95. The molecule has 4 nitrogen and oxygen atoms in total. The molecule has 2 rings (SSSR count). The molecule has 1 aromatic heterocycles. The quantitative estimate of drug-likeness (QED) is 0.899. The Bertz CT molecular complexity index is 564. The second kappa shape index (κ2) is 4.25. The summed E-state index contributed by atoms with van der Waals surface area (Å²) < 4.78 is 47.8. The molecule has 0 radical (unpaired) electrons. The molecule has 0 amide bonds. The summed E-state index contributed by atoms with van der Waals surface area (Å²) in [5.74, 6) is -0.289. The van der Waals surface area contributed by atoms with Crippen molar-refractivity contribution in [1.82, 2.24) is 5.16 Å². The Kier molecular flexibility index (Phi) is 2.90. The van der Waals surface area contributed by atoms with E-state index in [2.05, 4.69) is 9.68 Å². The van der Waals surface area contributed by atoms with Gasteiger partial charge in [0.05, 0.1) is 12.7 Å². The van der Waals surface area contributed by atoms with Crippen molar-refractivity contribution in [2.75, 3.05) is 12.8 Å². The molecule has 0 aliphatic rings. The van der Waals surface area contributed by atoms with E-state index >= 15 is 0 Å². The van der Waals surface area contributed by atoms with E-state index in [9.17, 15) is 13.2 Å². The lowest BCUT2D eigenvalue weighted by Gasteiger charge is -2.14. The van der Waals surface area contributed by atoms with Crippen LogP contribution in [0.3, 0.4) is 0 Å². The van der Waals surface area contributed by atoms with Crippen LogP contribution >= 0.6 is 0 Å². The summed E-state index contributed by atoms with van der Waals surface area (Å²) in [5.41, 5.74) is 4.83. The molecule has 0 saturated heterocycles. The Morgan fingerprint density at radius 3 is 2.56 bits per heavy atom. The van der Waals surface area contributed by atoms with Crippen molar-refractivity contribution in [3.8, 4) is 17.0 Å². The number of para-hydroxylation sites is 1. The van der Waals surface area contributed by atoms with Crippen LogP contribution in [0.2, 0.25) is 0 Å². The smallest absolute Gasteiger partial charge is 0.419 e. The van der Waals surface area contributed by atoms with E-state index < -0.39 is 11.7 Å². The van der Waals surface area contributed by atoms with Gasteiger partial charge in [-0.2, -0.15) is 13.2 Å². The lowest BCUT2D eigenvalue weighted by molar-refractivity contribution is -0.138. The summed E-state index contributed by atoms with van der Waals surface area (Å²) in [5, 5.41) is 3.57. The zero-order chi connectivity index (χ0) is 13.3. The van der Waals surface area contributed by atoms with E-state index in [1.807, 2.05) is 0 Å². The van der Waals surface area contributed by atoms with Crippen LogP contribution in [0.15, 0.2) is 28.8 Å². The number of nitrogens with zero attached hydrogens (tertiary/aromatic N) is 1. The topological polar surface area (TPSA) is 61.3 Å². The van der Waals surface area contributed by atoms with Gasteiger partial charge in [-0.3, -0.25) is 0 Å². The fourth-order valence-corrected chi connectivity index (χ4v) is 1.60. The van der Waals surface area contributed by atoms with Gasteiger partial charge in [0.2, 0.25) is 5.88 Å². The van der Waals surface area contributed by atoms with Crippen LogP contribution in [0.25, 0.3) is 11.3 Å². The molecule has 1 aromatic carbocycles. The van der Waals surface area contributed by atoms with Crippen LogP contribution in [0.4, 0.5) is 19.1 Å². The van der Waals surface area contributed by atoms with E-state index in [0.717, 1.165) is 13.2 Å². The van der Waals surface area contributed by atoms with Gasteiger partial charge in [0.1, 0.15) is 11.4 Å². The minimum absolute atomic E-state index is 0.0180. The molecule has 0 saturated carbocycles. The number of nitrogens with two attached hydrogens (primary N) is 1. The number of ether oxygens (including phenoxy) is 1. The highest BCUT2D eigenvalue weighted by molar-refractivity contribution is 5.70. The fraction of sp³-hybridized carbons (Fsp3) is 0.182. The Morgan fingerprint density at radius 1 is 1.33 bits per heavy atom. The van der Waals surface area contributed by atoms with Gasteiger partial charge < -0.3 is 15.0 Å². The molecule has 0 aliphatic carbocycles. The second-order valence-corrected chi connectivity index (χ2v) is 3.50. The minimum Gasteiger partial charge on any atom is -0.495 e. The highest BCUT2D eigenvalue weighted by atomic mass is 19.4. The molecule has 18 heavy (non-hydrogen) atoms. The van der Waals surface area contributed by atoms with Gasteiger partial charge in [-0.05, 0) is 12.1 Å². The molecule has 7 heteroatoms. The van der Waals surface area contributed by atoms with Gasteiger partial charge in [0.15, 0.2) is 0 Å². The molecular weight excluding hydrogens is 249 g/mol.